The molecule has 1 fully saturated rings. The molecule has 0 radical (unpaired) electrons. The lowest BCUT2D eigenvalue weighted by Gasteiger charge is -2.14. The zero-order valence-corrected chi connectivity index (χ0v) is 12.2. The van der Waals surface area contributed by atoms with Gasteiger partial charge in [-0.25, -0.2) is 9.78 Å². The third kappa shape index (κ3) is 2.73. The van der Waals surface area contributed by atoms with Crippen molar-refractivity contribution in [3.8, 4) is 0 Å². The summed E-state index contributed by atoms with van der Waals surface area (Å²) < 4.78 is 0. The highest BCUT2D eigenvalue weighted by Crippen LogP contribution is 2.21. The Morgan fingerprint density at radius 3 is 2.71 bits per heavy atom. The highest BCUT2D eigenvalue weighted by molar-refractivity contribution is 7.14. The summed E-state index contributed by atoms with van der Waals surface area (Å²) in [7, 11) is 0. The number of aromatic nitrogens is 1. The summed E-state index contributed by atoms with van der Waals surface area (Å²) in [6, 6.07) is 6.88. The van der Waals surface area contributed by atoms with Crippen molar-refractivity contribution in [2.45, 2.75) is 6.92 Å². The quantitative estimate of drug-likeness (QED) is 0.913. The molecule has 0 saturated carbocycles. The first kappa shape index (κ1) is 13.6. The fraction of sp³-hybridized carbons (Fsp3) is 0.214. The van der Waals surface area contributed by atoms with Gasteiger partial charge in [-0.15, -0.1) is 11.3 Å². The molecule has 21 heavy (non-hydrogen) atoms. The van der Waals surface area contributed by atoms with Crippen LogP contribution in [0.1, 0.15) is 16.1 Å². The molecule has 2 aromatic rings. The summed E-state index contributed by atoms with van der Waals surface area (Å²) in [6.45, 7) is 3.14. The largest absolute Gasteiger partial charge is 0.336 e. The van der Waals surface area contributed by atoms with Gasteiger partial charge in [0.2, 0.25) is 0 Å². The number of amides is 3. The van der Waals surface area contributed by atoms with Gasteiger partial charge in [0.15, 0.2) is 0 Å². The lowest BCUT2D eigenvalue weighted by Crippen LogP contribution is -2.27. The number of aryl methyl sites for hydroxylation is 1. The molecule has 7 heteroatoms. The molecule has 1 saturated heterocycles. The molecule has 0 atom stereocenters. The minimum atomic E-state index is -0.181. The van der Waals surface area contributed by atoms with Gasteiger partial charge in [-0.3, -0.25) is 9.69 Å². The van der Waals surface area contributed by atoms with Crippen LogP contribution in [0.4, 0.5) is 15.5 Å². The SMILES string of the molecule is Cc1ncsc1NC(=O)c1ccc(N2CCNC2=O)cc1. The van der Waals surface area contributed by atoms with Crippen LogP contribution in [0.3, 0.4) is 0 Å². The molecule has 1 aromatic carbocycles. The second kappa shape index (κ2) is 5.53. The standard InChI is InChI=1S/C14H14N4O2S/c1-9-13(21-8-16-9)17-12(19)10-2-4-11(5-3-10)18-7-6-15-14(18)20/h2-5,8H,6-7H2,1H3,(H,15,20)(H,17,19). The van der Waals surface area contributed by atoms with E-state index in [1.54, 1.807) is 34.7 Å². The van der Waals surface area contributed by atoms with E-state index in [4.69, 9.17) is 0 Å². The van der Waals surface area contributed by atoms with Crippen molar-refractivity contribution in [3.05, 3.63) is 41.0 Å². The van der Waals surface area contributed by atoms with Crippen LogP contribution in [-0.4, -0.2) is 30.0 Å². The molecular weight excluding hydrogens is 288 g/mol. The van der Waals surface area contributed by atoms with Crippen LogP contribution in [-0.2, 0) is 0 Å². The number of carbonyl (C=O) groups excluding carboxylic acids is 2. The van der Waals surface area contributed by atoms with E-state index in [0.29, 0.717) is 18.7 Å². The number of hydrogen-bond acceptors (Lipinski definition) is 4. The van der Waals surface area contributed by atoms with Crippen LogP contribution in [0, 0.1) is 6.92 Å². The van der Waals surface area contributed by atoms with Crippen molar-refractivity contribution in [2.75, 3.05) is 23.3 Å². The first-order valence-corrected chi connectivity index (χ1v) is 7.40. The summed E-state index contributed by atoms with van der Waals surface area (Å²) in [5.41, 5.74) is 3.83. The molecule has 1 aliphatic heterocycles. The number of benzene rings is 1. The Balaban J connectivity index is 1.73. The summed E-state index contributed by atoms with van der Waals surface area (Å²) >= 11 is 1.39. The Bertz CT molecular complexity index is 681. The molecule has 1 aliphatic rings. The summed E-state index contributed by atoms with van der Waals surface area (Å²) in [4.78, 5) is 29.4. The van der Waals surface area contributed by atoms with Gasteiger partial charge in [-0.2, -0.15) is 0 Å². The predicted molar refractivity (Wildman–Crippen MR) is 82.0 cm³/mol. The maximum absolute atomic E-state index is 12.1. The van der Waals surface area contributed by atoms with E-state index in [1.165, 1.54) is 11.3 Å². The van der Waals surface area contributed by atoms with Crippen LogP contribution in [0.5, 0.6) is 0 Å². The molecule has 0 bridgehead atoms. The van der Waals surface area contributed by atoms with E-state index in [-0.39, 0.29) is 11.9 Å². The zero-order chi connectivity index (χ0) is 14.8. The average molecular weight is 302 g/mol. The first-order valence-electron chi connectivity index (χ1n) is 6.52. The van der Waals surface area contributed by atoms with Gasteiger partial charge >= 0.3 is 6.03 Å². The lowest BCUT2D eigenvalue weighted by molar-refractivity contribution is 0.102. The minimum Gasteiger partial charge on any atom is -0.336 e. The molecule has 3 amide bonds. The van der Waals surface area contributed by atoms with Crippen LogP contribution < -0.4 is 15.5 Å². The fourth-order valence-electron chi connectivity index (χ4n) is 2.11. The average Bonchev–Trinajstić information content (AvgIpc) is 3.08. The Hall–Kier alpha value is -2.41. The third-order valence-electron chi connectivity index (χ3n) is 3.27. The number of carbonyl (C=O) groups is 2. The van der Waals surface area contributed by atoms with Crippen LogP contribution in [0.15, 0.2) is 29.8 Å². The maximum Gasteiger partial charge on any atom is 0.321 e. The Labute approximate surface area is 125 Å². The summed E-state index contributed by atoms with van der Waals surface area (Å²) in [5.74, 6) is -0.181. The predicted octanol–water partition coefficient (Wildman–Crippen LogP) is 2.23. The maximum atomic E-state index is 12.1. The number of anilines is 2. The number of nitrogens with one attached hydrogen (secondary N) is 2. The van der Waals surface area contributed by atoms with E-state index in [0.717, 1.165) is 16.4 Å². The molecule has 6 nitrogen and oxygen atoms in total. The topological polar surface area (TPSA) is 74.3 Å². The number of urea groups is 1. The molecule has 2 N–H and O–H groups in total. The van der Waals surface area contributed by atoms with Crippen LogP contribution in [0.2, 0.25) is 0 Å². The smallest absolute Gasteiger partial charge is 0.321 e. The van der Waals surface area contributed by atoms with Crippen molar-refractivity contribution in [1.82, 2.24) is 10.3 Å². The normalized spacial score (nSPS) is 14.1. The molecule has 1 aromatic heterocycles. The molecule has 2 heterocycles. The van der Waals surface area contributed by atoms with E-state index < -0.39 is 0 Å². The van der Waals surface area contributed by atoms with Gasteiger partial charge < -0.3 is 10.6 Å². The Morgan fingerprint density at radius 1 is 1.38 bits per heavy atom. The number of nitrogens with zero attached hydrogens (tertiary/aromatic N) is 2. The highest BCUT2D eigenvalue weighted by atomic mass is 32.1. The van der Waals surface area contributed by atoms with Gasteiger partial charge in [-0.1, -0.05) is 0 Å². The van der Waals surface area contributed by atoms with Crippen molar-refractivity contribution in [1.29, 1.82) is 0 Å². The zero-order valence-electron chi connectivity index (χ0n) is 11.4. The minimum absolute atomic E-state index is 0.104. The summed E-state index contributed by atoms with van der Waals surface area (Å²) in [6.07, 6.45) is 0. The fourth-order valence-corrected chi connectivity index (χ4v) is 2.80. The van der Waals surface area contributed by atoms with Crippen LogP contribution in [0.25, 0.3) is 0 Å². The second-order valence-corrected chi connectivity index (χ2v) is 5.51. The lowest BCUT2D eigenvalue weighted by atomic mass is 10.2. The van der Waals surface area contributed by atoms with Crippen molar-refractivity contribution < 1.29 is 9.59 Å². The van der Waals surface area contributed by atoms with E-state index in [9.17, 15) is 9.59 Å². The van der Waals surface area contributed by atoms with Crippen LogP contribution >= 0.6 is 11.3 Å². The van der Waals surface area contributed by atoms with Crippen molar-refractivity contribution in [2.24, 2.45) is 0 Å². The summed E-state index contributed by atoms with van der Waals surface area (Å²) in [5, 5.41) is 6.32. The Kier molecular flexibility index (Phi) is 3.57. The highest BCUT2D eigenvalue weighted by Gasteiger charge is 2.21. The van der Waals surface area contributed by atoms with Gasteiger partial charge in [0.05, 0.1) is 11.2 Å². The van der Waals surface area contributed by atoms with E-state index in [1.807, 2.05) is 6.92 Å². The molecule has 0 unspecified atom stereocenters. The number of hydrogen-bond donors (Lipinski definition) is 2. The molecule has 0 spiro atoms. The monoisotopic (exact) mass is 302 g/mol. The Morgan fingerprint density at radius 2 is 2.14 bits per heavy atom. The molecule has 108 valence electrons. The molecule has 0 aliphatic carbocycles. The third-order valence-corrected chi connectivity index (χ3v) is 4.11. The first-order chi connectivity index (χ1) is 10.1. The van der Waals surface area contributed by atoms with Crippen molar-refractivity contribution >= 4 is 34.0 Å². The van der Waals surface area contributed by atoms with Gasteiger partial charge in [-0.05, 0) is 31.2 Å². The van der Waals surface area contributed by atoms with Gasteiger partial charge in [0.25, 0.3) is 5.91 Å². The van der Waals surface area contributed by atoms with E-state index >= 15 is 0 Å². The molecule has 3 rings (SSSR count). The number of thiazole rings is 1. The van der Waals surface area contributed by atoms with Crippen molar-refractivity contribution in [3.63, 3.8) is 0 Å². The van der Waals surface area contributed by atoms with Gasteiger partial charge in [0.1, 0.15) is 5.00 Å². The second-order valence-electron chi connectivity index (χ2n) is 4.65. The number of rotatable bonds is 3. The van der Waals surface area contributed by atoms with E-state index in [2.05, 4.69) is 15.6 Å². The molecular formula is C14H14N4O2S. The van der Waals surface area contributed by atoms with Gasteiger partial charge in [0, 0.05) is 24.3 Å².